The summed E-state index contributed by atoms with van der Waals surface area (Å²) in [5.41, 5.74) is 0. The third kappa shape index (κ3) is 7.88. The Kier molecular flexibility index (Phi) is 7.25. The SMILES string of the molecule is O=C(CSc1nnc(NCC2CCCO2)s1)NC(=O)NCC(F)(F)F. The van der Waals surface area contributed by atoms with E-state index in [1.807, 2.05) is 0 Å². The lowest BCUT2D eigenvalue weighted by atomic mass is 10.2. The molecule has 1 aliphatic rings. The van der Waals surface area contributed by atoms with E-state index in [4.69, 9.17) is 4.74 Å². The van der Waals surface area contributed by atoms with Crippen molar-refractivity contribution in [3.8, 4) is 0 Å². The normalized spacial score (nSPS) is 17.3. The molecule has 2 rings (SSSR count). The Morgan fingerprint density at radius 2 is 2.16 bits per heavy atom. The standard InChI is InChI=1S/C12H16F3N5O3S2/c13-12(14,15)6-17-9(22)18-8(21)5-24-11-20-19-10(25-11)16-4-7-2-1-3-23-7/h7H,1-6H2,(H,16,19)(H2,17,18,21,22). The number of thioether (sulfide) groups is 1. The number of amides is 3. The van der Waals surface area contributed by atoms with Crippen LogP contribution in [-0.4, -0.2) is 59.9 Å². The number of hydrogen-bond donors (Lipinski definition) is 3. The highest BCUT2D eigenvalue weighted by Crippen LogP contribution is 2.25. The number of carbonyl (C=O) groups excluding carboxylic acids is 2. The van der Waals surface area contributed by atoms with Gasteiger partial charge in [0.2, 0.25) is 11.0 Å². The summed E-state index contributed by atoms with van der Waals surface area (Å²) in [6.45, 7) is -0.121. The average molecular weight is 399 g/mol. The van der Waals surface area contributed by atoms with E-state index in [0.29, 0.717) is 16.0 Å². The van der Waals surface area contributed by atoms with Gasteiger partial charge in [-0.25, -0.2) is 4.79 Å². The molecule has 3 N–H and O–H groups in total. The summed E-state index contributed by atoms with van der Waals surface area (Å²) in [6, 6.07) is -1.20. The summed E-state index contributed by atoms with van der Waals surface area (Å²) < 4.78 is 41.7. The van der Waals surface area contributed by atoms with E-state index in [0.717, 1.165) is 31.2 Å². The molecule has 0 bridgehead atoms. The Bertz CT molecular complexity index is 593. The van der Waals surface area contributed by atoms with Gasteiger partial charge in [0.25, 0.3) is 0 Å². The second kappa shape index (κ2) is 9.20. The van der Waals surface area contributed by atoms with Gasteiger partial charge in [-0.05, 0) is 12.8 Å². The highest BCUT2D eigenvalue weighted by molar-refractivity contribution is 8.01. The van der Waals surface area contributed by atoms with Gasteiger partial charge in [-0.15, -0.1) is 10.2 Å². The summed E-state index contributed by atoms with van der Waals surface area (Å²) in [7, 11) is 0. The summed E-state index contributed by atoms with van der Waals surface area (Å²) in [5, 5.41) is 14.8. The zero-order chi connectivity index (χ0) is 18.3. The van der Waals surface area contributed by atoms with Crippen LogP contribution in [0, 0.1) is 0 Å². The van der Waals surface area contributed by atoms with Crippen LogP contribution in [-0.2, 0) is 9.53 Å². The highest BCUT2D eigenvalue weighted by Gasteiger charge is 2.28. The maximum Gasteiger partial charge on any atom is 0.405 e. The lowest BCUT2D eigenvalue weighted by molar-refractivity contribution is -0.124. The van der Waals surface area contributed by atoms with Crippen molar-refractivity contribution >= 4 is 40.2 Å². The molecule has 140 valence electrons. The number of imide groups is 1. The number of alkyl halides is 3. The fraction of sp³-hybridized carbons (Fsp3) is 0.667. The first kappa shape index (κ1) is 19.7. The number of nitrogens with zero attached hydrogens (tertiary/aromatic N) is 2. The van der Waals surface area contributed by atoms with Crippen LogP contribution >= 0.6 is 23.1 Å². The molecule has 13 heteroatoms. The Balaban J connectivity index is 1.65. The summed E-state index contributed by atoms with van der Waals surface area (Å²) >= 11 is 2.27. The quantitative estimate of drug-likeness (QED) is 0.598. The molecule has 1 saturated heterocycles. The van der Waals surface area contributed by atoms with Gasteiger partial charge in [-0.1, -0.05) is 23.1 Å². The molecule has 2 heterocycles. The monoisotopic (exact) mass is 399 g/mol. The molecule has 1 aliphatic heterocycles. The van der Waals surface area contributed by atoms with E-state index in [9.17, 15) is 22.8 Å². The van der Waals surface area contributed by atoms with Gasteiger partial charge in [0.15, 0.2) is 4.34 Å². The Morgan fingerprint density at radius 3 is 2.84 bits per heavy atom. The third-order valence-corrected chi connectivity index (χ3v) is 4.95. The predicted octanol–water partition coefficient (Wildman–Crippen LogP) is 1.61. The lowest BCUT2D eigenvalue weighted by Crippen LogP contribution is -2.43. The van der Waals surface area contributed by atoms with Gasteiger partial charge in [-0.3, -0.25) is 10.1 Å². The van der Waals surface area contributed by atoms with Crippen LogP contribution in [0.4, 0.5) is 23.1 Å². The first-order valence-corrected chi connectivity index (χ1v) is 9.08. The van der Waals surface area contributed by atoms with Crippen molar-refractivity contribution in [3.63, 3.8) is 0 Å². The molecule has 3 amide bonds. The molecule has 0 aliphatic carbocycles. The smallest absolute Gasteiger partial charge is 0.376 e. The van der Waals surface area contributed by atoms with Gasteiger partial charge in [0.05, 0.1) is 11.9 Å². The van der Waals surface area contributed by atoms with E-state index in [1.54, 1.807) is 10.6 Å². The van der Waals surface area contributed by atoms with Crippen LogP contribution in [0.3, 0.4) is 0 Å². The highest BCUT2D eigenvalue weighted by atomic mass is 32.2. The molecule has 8 nitrogen and oxygen atoms in total. The van der Waals surface area contributed by atoms with Gasteiger partial charge in [0.1, 0.15) is 6.54 Å². The van der Waals surface area contributed by atoms with Crippen molar-refractivity contribution in [1.29, 1.82) is 0 Å². The lowest BCUT2D eigenvalue weighted by Gasteiger charge is -2.08. The number of aromatic nitrogens is 2. The van der Waals surface area contributed by atoms with Crippen LogP contribution in [0.1, 0.15) is 12.8 Å². The maximum atomic E-state index is 11.9. The van der Waals surface area contributed by atoms with Crippen molar-refractivity contribution < 1.29 is 27.5 Å². The molecule has 1 fully saturated rings. The number of hydrogen-bond acceptors (Lipinski definition) is 8. The van der Waals surface area contributed by atoms with Crippen molar-refractivity contribution in [1.82, 2.24) is 20.8 Å². The molecule has 1 aromatic rings. The van der Waals surface area contributed by atoms with Crippen LogP contribution in [0.5, 0.6) is 0 Å². The van der Waals surface area contributed by atoms with Crippen LogP contribution in [0.25, 0.3) is 0 Å². The molecular weight excluding hydrogens is 383 g/mol. The number of anilines is 1. The maximum absolute atomic E-state index is 11.9. The van der Waals surface area contributed by atoms with Gasteiger partial charge in [0, 0.05) is 13.2 Å². The van der Waals surface area contributed by atoms with E-state index in [2.05, 4.69) is 15.5 Å². The fourth-order valence-electron chi connectivity index (χ4n) is 1.86. The number of halogens is 3. The zero-order valence-corrected chi connectivity index (χ0v) is 14.5. The number of urea groups is 1. The number of rotatable bonds is 7. The number of carbonyl (C=O) groups is 2. The van der Waals surface area contributed by atoms with Crippen molar-refractivity contribution in [2.45, 2.75) is 29.5 Å². The first-order chi connectivity index (χ1) is 11.8. The van der Waals surface area contributed by atoms with Gasteiger partial charge < -0.3 is 15.4 Å². The molecule has 25 heavy (non-hydrogen) atoms. The second-order valence-electron chi connectivity index (χ2n) is 5.02. The van der Waals surface area contributed by atoms with Crippen molar-refractivity contribution in [2.75, 3.05) is 30.8 Å². The summed E-state index contributed by atoms with van der Waals surface area (Å²) in [5.74, 6) is -0.895. The molecular formula is C12H16F3N5O3S2. The number of ether oxygens (including phenoxy) is 1. The molecule has 0 saturated carbocycles. The largest absolute Gasteiger partial charge is 0.405 e. The number of nitrogens with one attached hydrogen (secondary N) is 3. The van der Waals surface area contributed by atoms with Crippen LogP contribution < -0.4 is 16.0 Å². The molecule has 1 aromatic heterocycles. The molecule has 0 aromatic carbocycles. The van der Waals surface area contributed by atoms with Crippen molar-refractivity contribution in [3.05, 3.63) is 0 Å². The fourth-order valence-corrected chi connectivity index (χ4v) is 3.42. The predicted molar refractivity (Wildman–Crippen MR) is 85.7 cm³/mol. The molecule has 0 spiro atoms. The van der Waals surface area contributed by atoms with E-state index < -0.39 is 24.7 Å². The molecule has 1 unspecified atom stereocenters. The minimum absolute atomic E-state index is 0.154. The summed E-state index contributed by atoms with van der Waals surface area (Å²) in [6.07, 6.45) is -2.35. The Hall–Kier alpha value is -1.60. The molecule has 0 radical (unpaired) electrons. The summed E-state index contributed by atoms with van der Waals surface area (Å²) in [4.78, 5) is 22.6. The Labute approximate surface area is 149 Å². The van der Waals surface area contributed by atoms with E-state index in [1.165, 1.54) is 11.3 Å². The topological polar surface area (TPSA) is 105 Å². The van der Waals surface area contributed by atoms with Gasteiger partial charge in [-0.2, -0.15) is 13.2 Å². The van der Waals surface area contributed by atoms with Crippen molar-refractivity contribution in [2.24, 2.45) is 0 Å². The molecule has 1 atom stereocenters. The van der Waals surface area contributed by atoms with E-state index >= 15 is 0 Å². The van der Waals surface area contributed by atoms with Gasteiger partial charge >= 0.3 is 12.2 Å². The second-order valence-corrected chi connectivity index (χ2v) is 7.22. The van der Waals surface area contributed by atoms with Crippen LogP contribution in [0.2, 0.25) is 0 Å². The van der Waals surface area contributed by atoms with E-state index in [-0.39, 0.29) is 11.9 Å². The zero-order valence-electron chi connectivity index (χ0n) is 12.9. The first-order valence-electron chi connectivity index (χ1n) is 7.28. The minimum atomic E-state index is -4.53. The Morgan fingerprint density at radius 1 is 1.36 bits per heavy atom. The average Bonchev–Trinajstić information content (AvgIpc) is 3.20. The van der Waals surface area contributed by atoms with Crippen LogP contribution in [0.15, 0.2) is 4.34 Å². The third-order valence-electron chi connectivity index (χ3n) is 2.94. The minimum Gasteiger partial charge on any atom is -0.376 e.